The number of rotatable bonds is 0. The lowest BCUT2D eigenvalue weighted by Gasteiger charge is -1.94. The molecule has 12 heavy (non-hydrogen) atoms. The third-order valence-corrected chi connectivity index (χ3v) is 1.85. The van der Waals surface area contributed by atoms with Crippen LogP contribution in [0.15, 0.2) is 30.3 Å². The van der Waals surface area contributed by atoms with Gasteiger partial charge in [0.1, 0.15) is 0 Å². The number of benzene rings is 1. The molecule has 0 aliphatic rings. The maximum atomic E-state index is 5.59. The van der Waals surface area contributed by atoms with E-state index >= 15 is 0 Å². The second kappa shape index (κ2) is 2.44. The van der Waals surface area contributed by atoms with Gasteiger partial charge in [-0.1, -0.05) is 16.8 Å². The van der Waals surface area contributed by atoms with E-state index in [0.717, 1.165) is 10.9 Å². The summed E-state index contributed by atoms with van der Waals surface area (Å²) in [6.07, 6.45) is 0. The Balaban J connectivity index is 2.89. The van der Waals surface area contributed by atoms with E-state index in [1.54, 1.807) is 4.68 Å². The first-order valence-electron chi connectivity index (χ1n) is 3.79. The fraction of sp³-hybridized carbons (Fsp3) is 0.111. The summed E-state index contributed by atoms with van der Waals surface area (Å²) in [5.74, 6) is 0.552. The van der Waals surface area contributed by atoms with Gasteiger partial charge in [-0.3, -0.25) is 0 Å². The van der Waals surface area contributed by atoms with Crippen molar-refractivity contribution in [3.8, 4) is 0 Å². The summed E-state index contributed by atoms with van der Waals surface area (Å²) < 4.78 is 1.78. The van der Waals surface area contributed by atoms with Gasteiger partial charge in [0.15, 0.2) is 12.9 Å². The molecule has 1 aromatic carbocycles. The molecule has 0 radical (unpaired) electrons. The Morgan fingerprint density at radius 2 is 2.08 bits per heavy atom. The Bertz CT molecular complexity index is 423. The number of anilines is 1. The van der Waals surface area contributed by atoms with Crippen LogP contribution < -0.4 is 10.4 Å². The van der Waals surface area contributed by atoms with Crippen LogP contribution in [-0.2, 0) is 7.05 Å². The molecule has 0 spiro atoms. The third-order valence-electron chi connectivity index (χ3n) is 1.85. The molecule has 0 saturated carbocycles. The highest BCUT2D eigenvalue weighted by molar-refractivity contribution is 5.76. The number of nitrogens with zero attached hydrogens (tertiary/aromatic N) is 2. The monoisotopic (exact) mass is 160 g/mol. The van der Waals surface area contributed by atoms with Crippen molar-refractivity contribution >= 4 is 16.7 Å². The van der Waals surface area contributed by atoms with Crippen molar-refractivity contribution in [2.24, 2.45) is 7.05 Å². The molecule has 0 amide bonds. The average Bonchev–Trinajstić information content (AvgIpc) is 2.04. The van der Waals surface area contributed by atoms with E-state index in [9.17, 15) is 0 Å². The number of hydrogen-bond acceptors (Lipinski definition) is 2. The highest BCUT2D eigenvalue weighted by Gasteiger charge is 2.05. The van der Waals surface area contributed by atoms with Crippen LogP contribution in [0.2, 0.25) is 0 Å². The molecule has 1 heterocycles. The van der Waals surface area contributed by atoms with Gasteiger partial charge in [-0.2, -0.15) is 0 Å². The van der Waals surface area contributed by atoms with E-state index in [1.807, 2.05) is 37.4 Å². The molecule has 0 aliphatic carbocycles. The topological polar surface area (TPSA) is 42.8 Å². The third kappa shape index (κ3) is 0.993. The van der Waals surface area contributed by atoms with Crippen molar-refractivity contribution in [3.63, 3.8) is 0 Å². The molecule has 0 aliphatic heterocycles. The lowest BCUT2D eigenvalue weighted by molar-refractivity contribution is -0.704. The zero-order valence-electron chi connectivity index (χ0n) is 6.86. The molecule has 0 fully saturated rings. The fourth-order valence-electron chi connectivity index (χ4n) is 1.32. The molecule has 0 unspecified atom stereocenters. The Morgan fingerprint density at radius 1 is 1.33 bits per heavy atom. The van der Waals surface area contributed by atoms with Gasteiger partial charge >= 0.3 is 0 Å². The van der Waals surface area contributed by atoms with Gasteiger partial charge in [0.05, 0.1) is 5.39 Å². The number of nitrogen functional groups attached to an aromatic ring is 1. The van der Waals surface area contributed by atoms with Crippen molar-refractivity contribution in [1.29, 1.82) is 0 Å². The predicted molar refractivity (Wildman–Crippen MR) is 47.3 cm³/mol. The molecule has 2 N–H and O–H groups in total. The summed E-state index contributed by atoms with van der Waals surface area (Å²) in [5, 5.41) is 5.21. The minimum atomic E-state index is 0.552. The minimum Gasteiger partial charge on any atom is -0.379 e. The number of hydrogen-bond donors (Lipinski definition) is 1. The van der Waals surface area contributed by atoms with Crippen LogP contribution in [0.3, 0.4) is 0 Å². The first kappa shape index (κ1) is 7.03. The lowest BCUT2D eigenvalue weighted by atomic mass is 10.2. The van der Waals surface area contributed by atoms with Crippen LogP contribution in [0.4, 0.5) is 5.82 Å². The summed E-state index contributed by atoms with van der Waals surface area (Å²) in [5.41, 5.74) is 6.68. The number of para-hydroxylation sites is 1. The molecule has 2 rings (SSSR count). The SMILES string of the molecule is C[n+]1nc(N)cc2ccccc21. The predicted octanol–water partition coefficient (Wildman–Crippen LogP) is 0.641. The number of fused-ring (bicyclic) bond motifs is 1. The largest absolute Gasteiger partial charge is 0.379 e. The zero-order valence-corrected chi connectivity index (χ0v) is 6.86. The average molecular weight is 160 g/mol. The smallest absolute Gasteiger partial charge is 0.239 e. The first-order valence-corrected chi connectivity index (χ1v) is 3.79. The first-order chi connectivity index (χ1) is 5.77. The van der Waals surface area contributed by atoms with Crippen molar-refractivity contribution in [2.75, 3.05) is 5.73 Å². The van der Waals surface area contributed by atoms with E-state index < -0.39 is 0 Å². The molecular formula is C9H10N3+. The van der Waals surface area contributed by atoms with Crippen LogP contribution in [0, 0.1) is 0 Å². The highest BCUT2D eigenvalue weighted by Crippen LogP contribution is 2.09. The van der Waals surface area contributed by atoms with E-state index in [4.69, 9.17) is 5.73 Å². The van der Waals surface area contributed by atoms with Gasteiger partial charge in [0.25, 0.3) is 0 Å². The van der Waals surface area contributed by atoms with Gasteiger partial charge in [0, 0.05) is 17.2 Å². The fourth-order valence-corrected chi connectivity index (χ4v) is 1.32. The van der Waals surface area contributed by atoms with Crippen molar-refractivity contribution < 1.29 is 4.68 Å². The van der Waals surface area contributed by atoms with E-state index in [2.05, 4.69) is 5.10 Å². The molecule has 3 nitrogen and oxygen atoms in total. The van der Waals surface area contributed by atoms with Crippen LogP contribution in [0.25, 0.3) is 10.9 Å². The molecular weight excluding hydrogens is 150 g/mol. The number of aromatic nitrogens is 2. The van der Waals surface area contributed by atoms with Crippen LogP contribution in [0.1, 0.15) is 0 Å². The van der Waals surface area contributed by atoms with Gasteiger partial charge < -0.3 is 5.73 Å². The van der Waals surface area contributed by atoms with E-state index in [0.29, 0.717) is 5.82 Å². The molecule has 0 saturated heterocycles. The Kier molecular flexibility index (Phi) is 1.43. The molecule has 0 atom stereocenters. The minimum absolute atomic E-state index is 0.552. The normalized spacial score (nSPS) is 10.4. The summed E-state index contributed by atoms with van der Waals surface area (Å²) in [6, 6.07) is 9.88. The molecule has 3 heteroatoms. The Morgan fingerprint density at radius 3 is 2.92 bits per heavy atom. The van der Waals surface area contributed by atoms with Crippen LogP contribution in [-0.4, -0.2) is 5.10 Å². The van der Waals surface area contributed by atoms with E-state index in [-0.39, 0.29) is 0 Å². The van der Waals surface area contributed by atoms with Crippen molar-refractivity contribution in [3.05, 3.63) is 30.3 Å². The quantitative estimate of drug-likeness (QED) is 0.575. The number of aryl methyl sites for hydroxylation is 1. The summed E-state index contributed by atoms with van der Waals surface area (Å²) in [4.78, 5) is 0. The van der Waals surface area contributed by atoms with Gasteiger partial charge in [-0.05, 0) is 6.07 Å². The maximum absolute atomic E-state index is 5.59. The second-order valence-corrected chi connectivity index (χ2v) is 2.75. The number of nitrogens with two attached hydrogens (primary N) is 1. The maximum Gasteiger partial charge on any atom is 0.239 e. The van der Waals surface area contributed by atoms with Crippen LogP contribution in [0.5, 0.6) is 0 Å². The summed E-state index contributed by atoms with van der Waals surface area (Å²) in [7, 11) is 1.89. The molecule has 60 valence electrons. The Hall–Kier alpha value is -1.64. The molecule has 1 aromatic heterocycles. The highest BCUT2D eigenvalue weighted by atomic mass is 15.3. The van der Waals surface area contributed by atoms with E-state index in [1.165, 1.54) is 0 Å². The van der Waals surface area contributed by atoms with Gasteiger partial charge in [-0.15, -0.1) is 0 Å². The zero-order chi connectivity index (χ0) is 8.55. The Labute approximate surface area is 70.4 Å². The van der Waals surface area contributed by atoms with Gasteiger partial charge in [-0.25, -0.2) is 0 Å². The van der Waals surface area contributed by atoms with Crippen LogP contribution >= 0.6 is 0 Å². The standard InChI is InChI=1S/C9H10N3/c1-12-8-5-3-2-4-7(8)6-9(10)11-12/h2-6H,1H3,(H2,10,11)/q+1. The molecule has 2 aromatic rings. The lowest BCUT2D eigenvalue weighted by Crippen LogP contribution is -2.34. The second-order valence-electron chi connectivity index (χ2n) is 2.75. The summed E-state index contributed by atoms with van der Waals surface area (Å²) >= 11 is 0. The van der Waals surface area contributed by atoms with Crippen molar-refractivity contribution in [1.82, 2.24) is 5.10 Å². The van der Waals surface area contributed by atoms with Crippen molar-refractivity contribution in [2.45, 2.75) is 0 Å². The molecule has 0 bridgehead atoms. The van der Waals surface area contributed by atoms with Gasteiger partial charge in [0.2, 0.25) is 5.52 Å². The summed E-state index contributed by atoms with van der Waals surface area (Å²) in [6.45, 7) is 0.